The number of hydrazone groups is 1. The summed E-state index contributed by atoms with van der Waals surface area (Å²) < 4.78 is 33.0. The van der Waals surface area contributed by atoms with Crippen LogP contribution in [-0.4, -0.2) is 33.7 Å². The fraction of sp³-hybridized carbons (Fsp3) is 0.259. The van der Waals surface area contributed by atoms with Crippen LogP contribution in [0.4, 0.5) is 5.69 Å². The quantitative estimate of drug-likeness (QED) is 0.314. The zero-order valence-electron chi connectivity index (χ0n) is 20.9. The van der Waals surface area contributed by atoms with Crippen molar-refractivity contribution in [1.29, 1.82) is 0 Å². The van der Waals surface area contributed by atoms with E-state index in [0.717, 1.165) is 9.87 Å². The summed E-state index contributed by atoms with van der Waals surface area (Å²) in [4.78, 5) is 12.9. The van der Waals surface area contributed by atoms with Gasteiger partial charge < -0.3 is 4.74 Å². The molecule has 0 fully saturated rings. The van der Waals surface area contributed by atoms with Crippen LogP contribution in [0.2, 0.25) is 5.02 Å². The predicted molar refractivity (Wildman–Crippen MR) is 144 cm³/mol. The molecule has 9 heteroatoms. The van der Waals surface area contributed by atoms with Gasteiger partial charge >= 0.3 is 0 Å². The maximum Gasteiger partial charge on any atom is 0.264 e. The number of carbonyl (C=O) groups excluding carboxylic acids is 1. The summed E-state index contributed by atoms with van der Waals surface area (Å²) in [5.74, 6) is -0.216. The van der Waals surface area contributed by atoms with Crippen molar-refractivity contribution in [2.75, 3.05) is 18.0 Å². The van der Waals surface area contributed by atoms with Crippen LogP contribution >= 0.6 is 11.6 Å². The second-order valence-corrected chi connectivity index (χ2v) is 11.5. The van der Waals surface area contributed by atoms with Crippen molar-refractivity contribution in [3.63, 3.8) is 0 Å². The van der Waals surface area contributed by atoms with Crippen LogP contribution in [0, 0.1) is 0 Å². The van der Waals surface area contributed by atoms with E-state index >= 15 is 0 Å². The minimum Gasteiger partial charge on any atom is -0.495 e. The van der Waals surface area contributed by atoms with Crippen LogP contribution in [0.5, 0.6) is 5.75 Å². The minimum absolute atomic E-state index is 0.0237. The van der Waals surface area contributed by atoms with Gasteiger partial charge in [0, 0.05) is 0 Å². The molecule has 0 saturated heterocycles. The number of nitrogens with zero attached hydrogens (tertiary/aromatic N) is 2. The molecule has 0 saturated carbocycles. The molecule has 0 aliphatic heterocycles. The molecule has 7 nitrogen and oxygen atoms in total. The fourth-order valence-corrected chi connectivity index (χ4v) is 5.12. The summed E-state index contributed by atoms with van der Waals surface area (Å²) in [5.41, 5.74) is 5.34. The molecule has 190 valence electrons. The highest BCUT2D eigenvalue weighted by Crippen LogP contribution is 2.32. The molecule has 0 heterocycles. The lowest BCUT2D eigenvalue weighted by molar-refractivity contribution is -0.119. The Morgan fingerprint density at radius 3 is 2.22 bits per heavy atom. The first kappa shape index (κ1) is 27.2. The molecule has 1 N–H and O–H groups in total. The maximum atomic E-state index is 13.4. The topological polar surface area (TPSA) is 88.1 Å². The number of benzene rings is 3. The number of sulfonamides is 1. The first-order chi connectivity index (χ1) is 16.9. The smallest absolute Gasteiger partial charge is 0.264 e. The van der Waals surface area contributed by atoms with Gasteiger partial charge in [-0.2, -0.15) is 5.10 Å². The molecule has 36 heavy (non-hydrogen) atoms. The number of methoxy groups -OCH3 is 1. The first-order valence-electron chi connectivity index (χ1n) is 11.3. The van der Waals surface area contributed by atoms with Gasteiger partial charge in [-0.1, -0.05) is 74.8 Å². The van der Waals surface area contributed by atoms with Crippen LogP contribution in [-0.2, 0) is 20.2 Å². The first-order valence-corrected chi connectivity index (χ1v) is 13.1. The van der Waals surface area contributed by atoms with Crippen molar-refractivity contribution >= 4 is 38.9 Å². The highest BCUT2D eigenvalue weighted by Gasteiger charge is 2.27. The van der Waals surface area contributed by atoms with Gasteiger partial charge in [-0.05, 0) is 53.8 Å². The van der Waals surface area contributed by atoms with E-state index in [1.54, 1.807) is 31.2 Å². The van der Waals surface area contributed by atoms with E-state index in [-0.39, 0.29) is 21.0 Å². The number of hydrogen-bond acceptors (Lipinski definition) is 5. The van der Waals surface area contributed by atoms with Crippen molar-refractivity contribution in [2.45, 2.75) is 38.0 Å². The lowest BCUT2D eigenvalue weighted by Crippen LogP contribution is -2.39. The molecule has 0 bridgehead atoms. The van der Waals surface area contributed by atoms with Gasteiger partial charge in [-0.15, -0.1) is 0 Å². The van der Waals surface area contributed by atoms with Gasteiger partial charge in [0.2, 0.25) is 0 Å². The van der Waals surface area contributed by atoms with Crippen LogP contribution in [0.1, 0.15) is 38.8 Å². The molecule has 0 aliphatic carbocycles. The number of halogens is 1. The normalized spacial score (nSPS) is 12.2. The Bertz CT molecular complexity index is 1350. The number of carbonyl (C=O) groups is 1. The summed E-state index contributed by atoms with van der Waals surface area (Å²) in [7, 11) is -2.61. The third-order valence-corrected chi connectivity index (χ3v) is 7.64. The van der Waals surface area contributed by atoms with E-state index in [1.165, 1.54) is 36.9 Å². The van der Waals surface area contributed by atoms with Crippen LogP contribution in [0.15, 0.2) is 82.8 Å². The van der Waals surface area contributed by atoms with Crippen molar-refractivity contribution in [3.8, 4) is 5.75 Å². The Balaban J connectivity index is 1.86. The van der Waals surface area contributed by atoms with Gasteiger partial charge in [0.15, 0.2) is 0 Å². The average Bonchev–Trinajstić information content (AvgIpc) is 2.85. The predicted octanol–water partition coefficient (Wildman–Crippen LogP) is 5.38. The Kier molecular flexibility index (Phi) is 8.43. The summed E-state index contributed by atoms with van der Waals surface area (Å²) >= 11 is 6.25. The molecular weight excluding hydrogens is 498 g/mol. The van der Waals surface area contributed by atoms with Crippen molar-refractivity contribution in [1.82, 2.24) is 5.43 Å². The number of anilines is 1. The van der Waals surface area contributed by atoms with E-state index in [0.29, 0.717) is 11.5 Å². The molecule has 0 aliphatic rings. The van der Waals surface area contributed by atoms with Gasteiger partial charge in [0.05, 0.1) is 28.4 Å². The molecule has 1 amide bonds. The standard InChI is InChI=1S/C27H30ClN3O4S/c1-19(20-11-13-21(14-12-20)27(2,3)4)29-30-26(32)18-31(22-15-16-25(35-5)24(28)17-22)36(33,34)23-9-7-6-8-10-23/h6-17H,18H2,1-5H3,(H,30,32)/b29-19-. The lowest BCUT2D eigenvalue weighted by Gasteiger charge is -2.24. The minimum atomic E-state index is -4.07. The Morgan fingerprint density at radius 1 is 1.03 bits per heavy atom. The Morgan fingerprint density at radius 2 is 1.67 bits per heavy atom. The van der Waals surface area contributed by atoms with Crippen LogP contribution in [0.25, 0.3) is 0 Å². The summed E-state index contributed by atoms with van der Waals surface area (Å²) in [6, 6.07) is 20.3. The van der Waals surface area contributed by atoms with Crippen LogP contribution in [0.3, 0.4) is 0 Å². The average molecular weight is 528 g/mol. The fourth-order valence-electron chi connectivity index (χ4n) is 3.43. The van der Waals surface area contributed by atoms with Gasteiger partial charge in [-0.3, -0.25) is 9.10 Å². The van der Waals surface area contributed by atoms with Crippen LogP contribution < -0.4 is 14.5 Å². The van der Waals surface area contributed by atoms with Crippen molar-refractivity contribution < 1.29 is 17.9 Å². The third kappa shape index (κ3) is 6.44. The maximum absolute atomic E-state index is 13.4. The second kappa shape index (κ2) is 11.1. The highest BCUT2D eigenvalue weighted by molar-refractivity contribution is 7.92. The van der Waals surface area contributed by atoms with E-state index in [9.17, 15) is 13.2 Å². The molecule has 0 atom stereocenters. The number of rotatable bonds is 8. The molecule has 0 aromatic heterocycles. The lowest BCUT2D eigenvalue weighted by atomic mass is 9.86. The number of nitrogens with one attached hydrogen (secondary N) is 1. The molecule has 0 unspecified atom stereocenters. The molecule has 3 aromatic rings. The number of ether oxygens (including phenoxy) is 1. The van der Waals surface area contributed by atoms with E-state index < -0.39 is 22.5 Å². The third-order valence-electron chi connectivity index (χ3n) is 5.56. The van der Waals surface area contributed by atoms with E-state index in [1.807, 2.05) is 24.3 Å². The summed E-state index contributed by atoms with van der Waals surface area (Å²) in [6.07, 6.45) is 0. The van der Waals surface area contributed by atoms with Gasteiger partial charge in [0.1, 0.15) is 12.3 Å². The van der Waals surface area contributed by atoms with E-state index in [4.69, 9.17) is 16.3 Å². The molecular formula is C27H30ClN3O4S. The Labute approximate surface area is 217 Å². The monoisotopic (exact) mass is 527 g/mol. The van der Waals surface area contributed by atoms with Gasteiger partial charge in [0.25, 0.3) is 15.9 Å². The second-order valence-electron chi connectivity index (χ2n) is 9.20. The summed E-state index contributed by atoms with van der Waals surface area (Å²) in [5, 5.41) is 4.40. The Hall–Kier alpha value is -3.36. The summed E-state index contributed by atoms with van der Waals surface area (Å²) in [6.45, 7) is 7.67. The SMILES string of the molecule is COc1ccc(N(CC(=O)N/N=C(/C)c2ccc(C(C)(C)C)cc2)S(=O)(=O)c2ccccc2)cc1Cl. The van der Waals surface area contributed by atoms with Crippen molar-refractivity contribution in [3.05, 3.63) is 88.9 Å². The number of hydrogen-bond donors (Lipinski definition) is 1. The zero-order valence-corrected chi connectivity index (χ0v) is 22.5. The largest absolute Gasteiger partial charge is 0.495 e. The molecule has 3 aromatic carbocycles. The van der Waals surface area contributed by atoms with E-state index in [2.05, 4.69) is 31.3 Å². The number of amides is 1. The van der Waals surface area contributed by atoms with Gasteiger partial charge in [-0.25, -0.2) is 13.8 Å². The molecule has 3 rings (SSSR count). The zero-order chi connectivity index (χ0) is 26.5. The highest BCUT2D eigenvalue weighted by atomic mass is 35.5. The molecule has 0 spiro atoms. The molecule has 0 radical (unpaired) electrons. The van der Waals surface area contributed by atoms with Crippen molar-refractivity contribution in [2.24, 2.45) is 5.10 Å².